The van der Waals surface area contributed by atoms with Crippen LogP contribution in [0.3, 0.4) is 0 Å². The Morgan fingerprint density at radius 2 is 2.32 bits per heavy atom. The van der Waals surface area contributed by atoms with Crippen LogP contribution in [-0.2, 0) is 4.79 Å². The van der Waals surface area contributed by atoms with Crippen LogP contribution in [0.5, 0.6) is 0 Å². The quantitative estimate of drug-likeness (QED) is 0.923. The highest BCUT2D eigenvalue weighted by molar-refractivity contribution is 8.13. The number of hydrogen-bond donors (Lipinski definition) is 1. The van der Waals surface area contributed by atoms with Crippen molar-refractivity contribution in [1.29, 1.82) is 0 Å². The lowest BCUT2D eigenvalue weighted by Crippen LogP contribution is -2.27. The number of hydrogen-bond acceptors (Lipinski definition) is 3. The fourth-order valence-corrected chi connectivity index (χ4v) is 2.66. The topological polar surface area (TPSA) is 49.4 Å². The van der Waals surface area contributed by atoms with E-state index in [0.717, 1.165) is 11.3 Å². The third kappa shape index (κ3) is 3.70. The number of halogens is 1. The smallest absolute Gasteiger partial charge is 0.281 e. The molecule has 0 atom stereocenters. The Bertz CT molecular complexity index is 507. The summed E-state index contributed by atoms with van der Waals surface area (Å²) in [5.74, 6) is 0.189. The second kappa shape index (κ2) is 6.06. The van der Waals surface area contributed by atoms with Gasteiger partial charge in [0.25, 0.3) is 5.24 Å². The standard InChI is InChI=1S/C13H15FN2O2S/c1-9-2-3-10(14)8-11(9)15-12(17)4-5-16-6-7-19-13(16)18/h2-3,8H,4-7H2,1H3,(H,15,17). The van der Waals surface area contributed by atoms with Crippen molar-refractivity contribution in [2.75, 3.05) is 24.2 Å². The number of anilines is 1. The molecule has 1 N–H and O–H groups in total. The fourth-order valence-electron chi connectivity index (χ4n) is 1.81. The normalized spacial score (nSPS) is 14.8. The van der Waals surface area contributed by atoms with Crippen LogP contribution >= 0.6 is 11.8 Å². The predicted octanol–water partition coefficient (Wildman–Crippen LogP) is 2.63. The highest BCUT2D eigenvalue weighted by Crippen LogP contribution is 2.18. The Balaban J connectivity index is 1.87. The van der Waals surface area contributed by atoms with Crippen molar-refractivity contribution in [1.82, 2.24) is 4.90 Å². The minimum absolute atomic E-state index is 0.0229. The first-order valence-corrected chi connectivity index (χ1v) is 7.02. The van der Waals surface area contributed by atoms with Gasteiger partial charge in [0.05, 0.1) is 0 Å². The fraction of sp³-hybridized carbons (Fsp3) is 0.385. The molecule has 1 aromatic rings. The third-order valence-corrected chi connectivity index (χ3v) is 3.82. The van der Waals surface area contributed by atoms with Crippen LogP contribution in [0.15, 0.2) is 18.2 Å². The van der Waals surface area contributed by atoms with E-state index in [4.69, 9.17) is 0 Å². The second-order valence-electron chi connectivity index (χ2n) is 4.36. The zero-order chi connectivity index (χ0) is 13.8. The molecule has 6 heteroatoms. The maximum Gasteiger partial charge on any atom is 0.281 e. The summed E-state index contributed by atoms with van der Waals surface area (Å²) < 4.78 is 13.1. The van der Waals surface area contributed by atoms with Crippen molar-refractivity contribution in [2.45, 2.75) is 13.3 Å². The lowest BCUT2D eigenvalue weighted by Gasteiger charge is -2.14. The molecule has 2 amide bonds. The number of benzene rings is 1. The highest BCUT2D eigenvalue weighted by atomic mass is 32.2. The number of aryl methyl sites for hydroxylation is 1. The summed E-state index contributed by atoms with van der Waals surface area (Å²) in [6.45, 7) is 2.90. The van der Waals surface area contributed by atoms with E-state index in [1.807, 2.05) is 0 Å². The van der Waals surface area contributed by atoms with Crippen molar-refractivity contribution in [2.24, 2.45) is 0 Å². The number of carbonyl (C=O) groups is 2. The van der Waals surface area contributed by atoms with Gasteiger partial charge in [-0.3, -0.25) is 9.59 Å². The first kappa shape index (κ1) is 13.9. The van der Waals surface area contributed by atoms with Crippen molar-refractivity contribution in [3.63, 3.8) is 0 Å². The molecule has 1 aromatic carbocycles. The molecule has 1 fully saturated rings. The van der Waals surface area contributed by atoms with Crippen molar-refractivity contribution in [3.8, 4) is 0 Å². The second-order valence-corrected chi connectivity index (χ2v) is 5.41. The lowest BCUT2D eigenvalue weighted by atomic mass is 10.2. The summed E-state index contributed by atoms with van der Waals surface area (Å²) in [4.78, 5) is 24.8. The lowest BCUT2D eigenvalue weighted by molar-refractivity contribution is -0.116. The van der Waals surface area contributed by atoms with Gasteiger partial charge in [-0.05, 0) is 24.6 Å². The first-order chi connectivity index (χ1) is 9.06. The molecular formula is C13H15FN2O2S. The van der Waals surface area contributed by atoms with Crippen LogP contribution in [0.1, 0.15) is 12.0 Å². The summed E-state index contributed by atoms with van der Waals surface area (Å²) in [6.07, 6.45) is 0.224. The van der Waals surface area contributed by atoms with E-state index in [0.29, 0.717) is 18.8 Å². The van der Waals surface area contributed by atoms with Gasteiger partial charge in [0.1, 0.15) is 5.82 Å². The maximum absolute atomic E-state index is 13.1. The van der Waals surface area contributed by atoms with E-state index in [1.54, 1.807) is 17.9 Å². The number of nitrogens with one attached hydrogen (secondary N) is 1. The molecular weight excluding hydrogens is 267 g/mol. The number of nitrogens with zero attached hydrogens (tertiary/aromatic N) is 1. The number of thioether (sulfide) groups is 1. The molecule has 1 aliphatic rings. The zero-order valence-electron chi connectivity index (χ0n) is 10.6. The van der Waals surface area contributed by atoms with Gasteiger partial charge in [-0.15, -0.1) is 0 Å². The van der Waals surface area contributed by atoms with Crippen LogP contribution in [0, 0.1) is 12.7 Å². The number of amides is 2. The van der Waals surface area contributed by atoms with Crippen LogP contribution < -0.4 is 5.32 Å². The largest absolute Gasteiger partial charge is 0.332 e. The van der Waals surface area contributed by atoms with E-state index in [2.05, 4.69) is 5.32 Å². The molecule has 0 unspecified atom stereocenters. The monoisotopic (exact) mass is 282 g/mol. The molecule has 2 rings (SSSR count). The first-order valence-electron chi connectivity index (χ1n) is 6.04. The minimum atomic E-state index is -0.382. The molecule has 0 aromatic heterocycles. The molecule has 1 saturated heterocycles. The van der Waals surface area contributed by atoms with Crippen LogP contribution in [0.4, 0.5) is 14.9 Å². The number of rotatable bonds is 4. The van der Waals surface area contributed by atoms with Gasteiger partial charge in [-0.25, -0.2) is 4.39 Å². The molecule has 102 valence electrons. The average molecular weight is 282 g/mol. The van der Waals surface area contributed by atoms with Crippen LogP contribution in [-0.4, -0.2) is 34.9 Å². The van der Waals surface area contributed by atoms with E-state index >= 15 is 0 Å². The van der Waals surface area contributed by atoms with E-state index < -0.39 is 0 Å². The van der Waals surface area contributed by atoms with E-state index in [1.165, 1.54) is 23.9 Å². The Hall–Kier alpha value is -1.56. The third-order valence-electron chi connectivity index (χ3n) is 2.93. The molecule has 0 bridgehead atoms. The maximum atomic E-state index is 13.1. The Labute approximate surface area is 115 Å². The molecule has 19 heavy (non-hydrogen) atoms. The van der Waals surface area contributed by atoms with Gasteiger partial charge in [-0.1, -0.05) is 17.8 Å². The molecule has 0 spiro atoms. The zero-order valence-corrected chi connectivity index (χ0v) is 11.4. The van der Waals surface area contributed by atoms with Crippen LogP contribution in [0.2, 0.25) is 0 Å². The van der Waals surface area contributed by atoms with Gasteiger partial charge in [-0.2, -0.15) is 0 Å². The van der Waals surface area contributed by atoms with Gasteiger partial charge in [0.15, 0.2) is 0 Å². The molecule has 0 saturated carbocycles. The van der Waals surface area contributed by atoms with Crippen molar-refractivity contribution in [3.05, 3.63) is 29.6 Å². The molecule has 1 aliphatic heterocycles. The highest BCUT2D eigenvalue weighted by Gasteiger charge is 2.21. The average Bonchev–Trinajstić information content (AvgIpc) is 2.77. The Kier molecular flexibility index (Phi) is 4.42. The molecule has 0 aliphatic carbocycles. The minimum Gasteiger partial charge on any atom is -0.332 e. The van der Waals surface area contributed by atoms with Gasteiger partial charge >= 0.3 is 0 Å². The summed E-state index contributed by atoms with van der Waals surface area (Å²) in [7, 11) is 0. The predicted molar refractivity (Wildman–Crippen MR) is 73.8 cm³/mol. The number of carbonyl (C=O) groups excluding carboxylic acids is 2. The molecule has 0 radical (unpaired) electrons. The van der Waals surface area contributed by atoms with Gasteiger partial charge in [0.2, 0.25) is 5.91 Å². The summed E-state index contributed by atoms with van der Waals surface area (Å²) >= 11 is 1.27. The van der Waals surface area contributed by atoms with Crippen molar-refractivity contribution >= 4 is 28.6 Å². The summed E-state index contributed by atoms with van der Waals surface area (Å²) in [5, 5.41) is 2.69. The molecule has 1 heterocycles. The van der Waals surface area contributed by atoms with Gasteiger partial charge < -0.3 is 10.2 Å². The Morgan fingerprint density at radius 3 is 3.00 bits per heavy atom. The summed E-state index contributed by atoms with van der Waals surface area (Å²) in [5.41, 5.74) is 1.29. The van der Waals surface area contributed by atoms with Crippen molar-refractivity contribution < 1.29 is 14.0 Å². The van der Waals surface area contributed by atoms with Crippen LogP contribution in [0.25, 0.3) is 0 Å². The van der Waals surface area contributed by atoms with E-state index in [-0.39, 0.29) is 23.4 Å². The Morgan fingerprint density at radius 1 is 1.53 bits per heavy atom. The van der Waals surface area contributed by atoms with E-state index in [9.17, 15) is 14.0 Å². The SMILES string of the molecule is Cc1ccc(F)cc1NC(=O)CCN1CCSC1=O. The summed E-state index contributed by atoms with van der Waals surface area (Å²) in [6, 6.07) is 4.26. The van der Waals surface area contributed by atoms with Gasteiger partial charge in [0, 0.05) is 31.0 Å². The molecule has 4 nitrogen and oxygen atoms in total.